The average Bonchev–Trinajstić information content (AvgIpc) is 2.99. The number of aromatic amines is 1. The van der Waals surface area contributed by atoms with Gasteiger partial charge < -0.3 is 4.84 Å². The fourth-order valence-corrected chi connectivity index (χ4v) is 3.30. The van der Waals surface area contributed by atoms with E-state index in [1.54, 1.807) is 0 Å². The molecule has 142 valence electrons. The number of hydrogen-bond acceptors (Lipinski definition) is 4. The van der Waals surface area contributed by atoms with E-state index in [1.165, 1.54) is 11.7 Å². The van der Waals surface area contributed by atoms with Crippen molar-refractivity contribution in [3.05, 3.63) is 104 Å². The van der Waals surface area contributed by atoms with Crippen LogP contribution in [0.25, 0.3) is 0 Å². The molecule has 3 aromatic rings. The van der Waals surface area contributed by atoms with Crippen LogP contribution in [0.1, 0.15) is 35.8 Å². The standard InChI is InChI=1S/C21H20N4O3/c1-14(15-8-4-3-5-9-15)23-28-19-13-12-18(16-10-6-7-11-17(16)19)25-21(27)24(2)20(26)22-25/h3-13,18-19H,1-2H3,(H,22,26)/b23-14+/t18-,19+/m1/s1. The Morgan fingerprint density at radius 2 is 1.68 bits per heavy atom. The van der Waals surface area contributed by atoms with Crippen LogP contribution < -0.4 is 11.4 Å². The lowest BCUT2D eigenvalue weighted by Gasteiger charge is -2.25. The maximum absolute atomic E-state index is 12.4. The van der Waals surface area contributed by atoms with Gasteiger partial charge in [-0.3, -0.25) is 0 Å². The third-order valence-corrected chi connectivity index (χ3v) is 4.88. The molecular formula is C21H20N4O3. The van der Waals surface area contributed by atoms with Crippen LogP contribution in [0.4, 0.5) is 0 Å². The highest BCUT2D eigenvalue weighted by Gasteiger charge is 2.27. The molecule has 0 spiro atoms. The molecule has 0 unspecified atom stereocenters. The number of benzene rings is 2. The number of rotatable bonds is 4. The van der Waals surface area contributed by atoms with Crippen molar-refractivity contribution in [2.75, 3.05) is 0 Å². The summed E-state index contributed by atoms with van der Waals surface area (Å²) in [7, 11) is 1.45. The highest BCUT2D eigenvalue weighted by Crippen LogP contribution is 2.34. The van der Waals surface area contributed by atoms with Gasteiger partial charge in [0, 0.05) is 12.6 Å². The summed E-state index contributed by atoms with van der Waals surface area (Å²) in [6.45, 7) is 1.89. The van der Waals surface area contributed by atoms with E-state index < -0.39 is 17.4 Å². The summed E-state index contributed by atoms with van der Waals surface area (Å²) < 4.78 is 2.37. The lowest BCUT2D eigenvalue weighted by Crippen LogP contribution is -2.29. The van der Waals surface area contributed by atoms with Crippen LogP contribution in [0.3, 0.4) is 0 Å². The Hall–Kier alpha value is -3.61. The fraction of sp³-hybridized carbons (Fsp3) is 0.190. The predicted molar refractivity (Wildman–Crippen MR) is 106 cm³/mol. The van der Waals surface area contributed by atoms with E-state index in [0.29, 0.717) is 0 Å². The first-order valence-electron chi connectivity index (χ1n) is 8.97. The molecule has 1 aliphatic rings. The first kappa shape index (κ1) is 17.8. The molecule has 1 heterocycles. The first-order chi connectivity index (χ1) is 13.6. The Kier molecular flexibility index (Phi) is 4.57. The molecule has 28 heavy (non-hydrogen) atoms. The van der Waals surface area contributed by atoms with Gasteiger partial charge in [0.25, 0.3) is 0 Å². The molecule has 0 bridgehead atoms. The Labute approximate surface area is 161 Å². The highest BCUT2D eigenvalue weighted by atomic mass is 16.6. The number of fused-ring (bicyclic) bond motifs is 1. The summed E-state index contributed by atoms with van der Waals surface area (Å²) in [6.07, 6.45) is 3.32. The zero-order valence-corrected chi connectivity index (χ0v) is 15.6. The zero-order valence-electron chi connectivity index (χ0n) is 15.6. The van der Waals surface area contributed by atoms with E-state index in [1.807, 2.05) is 73.7 Å². The topological polar surface area (TPSA) is 81.4 Å². The van der Waals surface area contributed by atoms with Crippen molar-refractivity contribution in [2.45, 2.75) is 19.1 Å². The van der Waals surface area contributed by atoms with Crippen LogP contribution in [0.2, 0.25) is 0 Å². The third kappa shape index (κ3) is 3.11. The number of allylic oxidation sites excluding steroid dienone is 1. The number of hydrogen-bond donors (Lipinski definition) is 1. The molecule has 1 aliphatic carbocycles. The summed E-state index contributed by atoms with van der Waals surface area (Å²) in [5.74, 6) is 0. The van der Waals surface area contributed by atoms with Crippen molar-refractivity contribution in [2.24, 2.45) is 12.2 Å². The second kappa shape index (κ2) is 7.19. The summed E-state index contributed by atoms with van der Waals surface area (Å²) in [5.41, 5.74) is 2.70. The predicted octanol–water partition coefficient (Wildman–Crippen LogP) is 2.52. The van der Waals surface area contributed by atoms with Crippen LogP contribution in [0.5, 0.6) is 0 Å². The fourth-order valence-electron chi connectivity index (χ4n) is 3.30. The van der Waals surface area contributed by atoms with Crippen molar-refractivity contribution >= 4 is 5.71 Å². The van der Waals surface area contributed by atoms with Gasteiger partial charge in [0.15, 0.2) is 6.10 Å². The minimum Gasteiger partial charge on any atom is -0.383 e. The van der Waals surface area contributed by atoms with Crippen LogP contribution in [-0.2, 0) is 11.9 Å². The van der Waals surface area contributed by atoms with Crippen molar-refractivity contribution in [3.63, 3.8) is 0 Å². The number of aromatic nitrogens is 3. The zero-order chi connectivity index (χ0) is 19.7. The van der Waals surface area contributed by atoms with E-state index in [0.717, 1.165) is 27.0 Å². The van der Waals surface area contributed by atoms with Gasteiger partial charge in [-0.15, -0.1) is 0 Å². The number of nitrogens with zero attached hydrogens (tertiary/aromatic N) is 3. The highest BCUT2D eigenvalue weighted by molar-refractivity contribution is 5.98. The van der Waals surface area contributed by atoms with E-state index >= 15 is 0 Å². The van der Waals surface area contributed by atoms with E-state index in [-0.39, 0.29) is 6.10 Å². The smallest absolute Gasteiger partial charge is 0.347 e. The molecule has 7 heteroatoms. The van der Waals surface area contributed by atoms with Gasteiger partial charge in [0.1, 0.15) is 0 Å². The summed E-state index contributed by atoms with van der Waals surface area (Å²) in [4.78, 5) is 30.0. The third-order valence-electron chi connectivity index (χ3n) is 4.88. The molecule has 0 aliphatic heterocycles. The van der Waals surface area contributed by atoms with Gasteiger partial charge in [0.05, 0.1) is 11.8 Å². The quantitative estimate of drug-likeness (QED) is 0.432. The van der Waals surface area contributed by atoms with Crippen molar-refractivity contribution in [1.82, 2.24) is 14.3 Å². The molecular weight excluding hydrogens is 356 g/mol. The number of oxime groups is 1. The normalized spacial score (nSPS) is 18.7. The van der Waals surface area contributed by atoms with Crippen molar-refractivity contribution in [3.8, 4) is 0 Å². The summed E-state index contributed by atoms with van der Waals surface area (Å²) in [6, 6.07) is 17.1. The number of nitrogens with one attached hydrogen (secondary N) is 1. The monoisotopic (exact) mass is 376 g/mol. The van der Waals surface area contributed by atoms with Crippen molar-refractivity contribution < 1.29 is 4.84 Å². The lowest BCUT2D eigenvalue weighted by molar-refractivity contribution is 0.0899. The first-order valence-corrected chi connectivity index (χ1v) is 8.97. The average molecular weight is 376 g/mol. The molecule has 0 amide bonds. The van der Waals surface area contributed by atoms with Crippen LogP contribution in [0, 0.1) is 0 Å². The minimum atomic E-state index is -0.447. The van der Waals surface area contributed by atoms with Crippen LogP contribution >= 0.6 is 0 Å². The van der Waals surface area contributed by atoms with Gasteiger partial charge in [-0.25, -0.2) is 23.9 Å². The van der Waals surface area contributed by atoms with Gasteiger partial charge in [-0.1, -0.05) is 65.8 Å². The Morgan fingerprint density at radius 1 is 1.00 bits per heavy atom. The maximum Gasteiger partial charge on any atom is 0.347 e. The second-order valence-electron chi connectivity index (χ2n) is 6.66. The molecule has 7 nitrogen and oxygen atoms in total. The summed E-state index contributed by atoms with van der Waals surface area (Å²) in [5, 5.41) is 6.89. The SMILES string of the molecule is C/C(=N\O[C@H]1C=C[C@@H](n2[nH]c(=O)n(C)c2=O)c2ccccc21)c1ccccc1. The number of H-pyrrole nitrogens is 1. The van der Waals surface area contributed by atoms with Gasteiger partial charge in [-0.05, 0) is 24.1 Å². The second-order valence-corrected chi connectivity index (χ2v) is 6.66. The van der Waals surface area contributed by atoms with Crippen molar-refractivity contribution in [1.29, 1.82) is 0 Å². The van der Waals surface area contributed by atoms with Gasteiger partial charge in [-0.2, -0.15) is 0 Å². The Bertz CT molecular complexity index is 1170. The lowest BCUT2D eigenvalue weighted by atomic mass is 9.91. The molecule has 1 N–H and O–H groups in total. The van der Waals surface area contributed by atoms with E-state index in [9.17, 15) is 9.59 Å². The van der Waals surface area contributed by atoms with Crippen LogP contribution in [0.15, 0.2) is 81.5 Å². The van der Waals surface area contributed by atoms with Gasteiger partial charge >= 0.3 is 11.4 Å². The molecule has 4 rings (SSSR count). The molecule has 0 saturated carbocycles. The molecule has 2 atom stereocenters. The van der Waals surface area contributed by atoms with E-state index in [4.69, 9.17) is 4.84 Å². The van der Waals surface area contributed by atoms with Gasteiger partial charge in [0.2, 0.25) is 0 Å². The molecule has 2 aromatic carbocycles. The molecule has 0 saturated heterocycles. The minimum absolute atomic E-state index is 0.378. The summed E-state index contributed by atoms with van der Waals surface area (Å²) >= 11 is 0. The molecule has 0 radical (unpaired) electrons. The Morgan fingerprint density at radius 3 is 2.36 bits per heavy atom. The van der Waals surface area contributed by atoms with E-state index in [2.05, 4.69) is 10.3 Å². The largest absolute Gasteiger partial charge is 0.383 e. The maximum atomic E-state index is 12.4. The Balaban J connectivity index is 1.67. The van der Waals surface area contributed by atoms with Crippen LogP contribution in [-0.4, -0.2) is 20.1 Å². The molecule has 0 fully saturated rings. The molecule has 1 aromatic heterocycles.